The second-order valence-corrected chi connectivity index (χ2v) is 9.17. The molecule has 0 bridgehead atoms. The van der Waals surface area contributed by atoms with Gasteiger partial charge in [0.15, 0.2) is 0 Å². The number of carbonyl (C=O) groups is 1. The smallest absolute Gasteiger partial charge is 0.264 e. The lowest BCUT2D eigenvalue weighted by molar-refractivity contribution is -0.118. The number of hydrogen-bond donors (Lipinski definition) is 1. The molecule has 0 unspecified atom stereocenters. The minimum atomic E-state index is -0.349. The summed E-state index contributed by atoms with van der Waals surface area (Å²) in [6, 6.07) is 0.639. The minimum Gasteiger partial charge on any atom is -0.474 e. The van der Waals surface area contributed by atoms with E-state index in [9.17, 15) is 4.79 Å². The number of amides is 1. The summed E-state index contributed by atoms with van der Waals surface area (Å²) in [5, 5.41) is 4.08. The molecule has 0 saturated heterocycles. The molecule has 2 aliphatic rings. The molecule has 1 N–H and O–H groups in total. The normalized spacial score (nSPS) is 24.5. The number of hydrogen-bond acceptors (Lipinski definition) is 7. The van der Waals surface area contributed by atoms with Crippen LogP contribution in [-0.4, -0.2) is 47.0 Å². The van der Waals surface area contributed by atoms with Gasteiger partial charge in [0.2, 0.25) is 5.88 Å². The number of thiophene rings is 1. The second kappa shape index (κ2) is 8.21. The van der Waals surface area contributed by atoms with Crippen molar-refractivity contribution in [1.29, 1.82) is 5.53 Å². The van der Waals surface area contributed by atoms with Crippen LogP contribution < -0.4 is 4.74 Å². The molecular weight excluding hydrogens is 374 g/mol. The van der Waals surface area contributed by atoms with E-state index >= 15 is 0 Å². The topological polar surface area (TPSA) is 91.5 Å². The summed E-state index contributed by atoms with van der Waals surface area (Å²) in [4.78, 5) is 25.1. The Hall–Kier alpha value is -1.93. The number of aromatic nitrogens is 2. The predicted molar refractivity (Wildman–Crippen MR) is 108 cm³/mol. The van der Waals surface area contributed by atoms with E-state index in [-0.39, 0.29) is 12.0 Å². The third-order valence-corrected chi connectivity index (χ3v) is 7.35. The SMILES string of the molecule is CN(C)C1CCC(Oc2ncnc3sc4c(c23)[C@@H](CCC(=O)N=N)CC4)CC1. The van der Waals surface area contributed by atoms with E-state index in [0.717, 1.165) is 55.2 Å². The summed E-state index contributed by atoms with van der Waals surface area (Å²) in [5.74, 6) is 0.657. The van der Waals surface area contributed by atoms with Crippen LogP contribution in [0.1, 0.15) is 61.3 Å². The highest BCUT2D eigenvalue weighted by atomic mass is 32.1. The molecule has 0 aromatic carbocycles. The molecule has 1 atom stereocenters. The van der Waals surface area contributed by atoms with Crippen molar-refractivity contribution < 1.29 is 9.53 Å². The van der Waals surface area contributed by atoms with E-state index in [1.54, 1.807) is 17.7 Å². The van der Waals surface area contributed by atoms with Crippen LogP contribution in [0.15, 0.2) is 11.4 Å². The Morgan fingerprint density at radius 2 is 2.07 bits per heavy atom. The maximum absolute atomic E-state index is 11.5. The van der Waals surface area contributed by atoms with Crippen LogP contribution in [-0.2, 0) is 11.2 Å². The fourth-order valence-corrected chi connectivity index (χ4v) is 5.84. The monoisotopic (exact) mass is 401 g/mol. The van der Waals surface area contributed by atoms with Crippen LogP contribution in [0.4, 0.5) is 0 Å². The number of nitrogens with one attached hydrogen (secondary N) is 1. The van der Waals surface area contributed by atoms with Crippen LogP contribution in [0.5, 0.6) is 5.88 Å². The van der Waals surface area contributed by atoms with Gasteiger partial charge in [-0.15, -0.1) is 16.5 Å². The standard InChI is InChI=1S/C20H27N5O2S/c1-25(2)13-5-7-14(8-6-13)27-19-18-17-12(4-10-16(26)24-21)3-9-15(17)28-20(18)23-11-22-19/h11-14,21H,3-10H2,1-2H3/t12-,13?,14?/m1/s1. The maximum atomic E-state index is 11.5. The van der Waals surface area contributed by atoms with Crippen LogP contribution in [0, 0.1) is 5.53 Å². The van der Waals surface area contributed by atoms with E-state index in [4.69, 9.17) is 10.3 Å². The van der Waals surface area contributed by atoms with Gasteiger partial charge >= 0.3 is 0 Å². The van der Waals surface area contributed by atoms with Crippen molar-refractivity contribution in [2.24, 2.45) is 5.11 Å². The molecule has 28 heavy (non-hydrogen) atoms. The van der Waals surface area contributed by atoms with E-state index in [1.807, 2.05) is 0 Å². The Kier molecular flexibility index (Phi) is 5.68. The Balaban J connectivity index is 1.55. The lowest BCUT2D eigenvalue weighted by Gasteiger charge is -2.32. The Labute approximate surface area is 169 Å². The van der Waals surface area contributed by atoms with Gasteiger partial charge in [0.1, 0.15) is 17.3 Å². The number of ether oxygens (including phenoxy) is 1. The second-order valence-electron chi connectivity index (χ2n) is 8.09. The third kappa shape index (κ3) is 3.80. The van der Waals surface area contributed by atoms with Crippen LogP contribution in [0.25, 0.3) is 10.2 Å². The molecule has 4 rings (SSSR count). The van der Waals surface area contributed by atoms with Gasteiger partial charge in [-0.1, -0.05) is 0 Å². The van der Waals surface area contributed by atoms with Gasteiger partial charge in [-0.3, -0.25) is 4.79 Å². The molecule has 1 saturated carbocycles. The highest BCUT2D eigenvalue weighted by molar-refractivity contribution is 7.19. The lowest BCUT2D eigenvalue weighted by Crippen LogP contribution is -2.35. The van der Waals surface area contributed by atoms with Crippen molar-refractivity contribution in [3.05, 3.63) is 16.8 Å². The van der Waals surface area contributed by atoms with Gasteiger partial charge in [-0.25, -0.2) is 15.5 Å². The average Bonchev–Trinajstić information content (AvgIpc) is 3.26. The summed E-state index contributed by atoms with van der Waals surface area (Å²) in [5.41, 5.74) is 8.15. The predicted octanol–water partition coefficient (Wildman–Crippen LogP) is 4.31. The first-order valence-corrected chi connectivity index (χ1v) is 10.9. The van der Waals surface area contributed by atoms with Gasteiger partial charge in [0.05, 0.1) is 5.39 Å². The molecule has 2 aromatic rings. The molecule has 0 spiro atoms. The van der Waals surface area contributed by atoms with Crippen molar-refractivity contribution in [2.75, 3.05) is 14.1 Å². The van der Waals surface area contributed by atoms with Crippen molar-refractivity contribution in [1.82, 2.24) is 14.9 Å². The van der Waals surface area contributed by atoms with Gasteiger partial charge < -0.3 is 9.64 Å². The van der Waals surface area contributed by atoms with Crippen molar-refractivity contribution in [2.45, 2.75) is 69.4 Å². The van der Waals surface area contributed by atoms with Crippen molar-refractivity contribution >= 4 is 27.5 Å². The first-order chi connectivity index (χ1) is 13.6. The van der Waals surface area contributed by atoms with Crippen LogP contribution in [0.2, 0.25) is 0 Å². The fourth-order valence-electron chi connectivity index (χ4n) is 4.61. The van der Waals surface area contributed by atoms with Gasteiger partial charge in [0, 0.05) is 17.3 Å². The van der Waals surface area contributed by atoms with Crippen molar-refractivity contribution in [3.63, 3.8) is 0 Å². The number of rotatable bonds is 6. The fraction of sp³-hybridized carbons (Fsp3) is 0.650. The zero-order chi connectivity index (χ0) is 19.7. The molecule has 2 aromatic heterocycles. The summed E-state index contributed by atoms with van der Waals surface area (Å²) in [6.07, 6.45) is 9.29. The van der Waals surface area contributed by atoms with E-state index in [2.05, 4.69) is 34.1 Å². The quantitative estimate of drug-likeness (QED) is 0.728. The number of carbonyl (C=O) groups excluding carboxylic acids is 1. The first-order valence-electron chi connectivity index (χ1n) is 10.1. The number of aryl methyl sites for hydroxylation is 1. The summed E-state index contributed by atoms with van der Waals surface area (Å²) in [6.45, 7) is 0. The highest BCUT2D eigenvalue weighted by Gasteiger charge is 2.31. The molecule has 8 heteroatoms. The van der Waals surface area contributed by atoms with Crippen LogP contribution >= 0.6 is 11.3 Å². The molecule has 150 valence electrons. The minimum absolute atomic E-state index is 0.202. The Morgan fingerprint density at radius 3 is 2.79 bits per heavy atom. The van der Waals surface area contributed by atoms with E-state index in [1.165, 1.54) is 10.4 Å². The van der Waals surface area contributed by atoms with Gasteiger partial charge in [0.25, 0.3) is 5.91 Å². The largest absolute Gasteiger partial charge is 0.474 e. The molecular formula is C20H27N5O2S. The maximum Gasteiger partial charge on any atom is 0.264 e. The summed E-state index contributed by atoms with van der Waals surface area (Å²) >= 11 is 1.73. The molecule has 0 aliphatic heterocycles. The highest BCUT2D eigenvalue weighted by Crippen LogP contribution is 2.47. The molecule has 0 radical (unpaired) electrons. The van der Waals surface area contributed by atoms with E-state index in [0.29, 0.717) is 24.3 Å². The molecule has 1 amide bonds. The zero-order valence-corrected chi connectivity index (χ0v) is 17.3. The lowest BCUT2D eigenvalue weighted by atomic mass is 9.92. The zero-order valence-electron chi connectivity index (χ0n) is 16.5. The number of fused-ring (bicyclic) bond motifs is 3. The molecule has 1 fully saturated rings. The van der Waals surface area contributed by atoms with E-state index < -0.39 is 0 Å². The Morgan fingerprint density at radius 1 is 1.29 bits per heavy atom. The summed E-state index contributed by atoms with van der Waals surface area (Å²) < 4.78 is 6.40. The van der Waals surface area contributed by atoms with Gasteiger partial charge in [-0.05, 0) is 70.5 Å². The molecule has 2 aliphatic carbocycles. The third-order valence-electron chi connectivity index (χ3n) is 6.18. The average molecular weight is 402 g/mol. The Bertz CT molecular complexity index is 873. The summed E-state index contributed by atoms with van der Waals surface area (Å²) in [7, 11) is 4.29. The number of nitrogens with zero attached hydrogens (tertiary/aromatic N) is 4. The van der Waals surface area contributed by atoms with Gasteiger partial charge in [-0.2, -0.15) is 0 Å². The molecule has 2 heterocycles. The van der Waals surface area contributed by atoms with Crippen LogP contribution in [0.3, 0.4) is 0 Å². The molecule has 7 nitrogen and oxygen atoms in total. The first kappa shape index (κ1) is 19.4. The van der Waals surface area contributed by atoms with Crippen molar-refractivity contribution in [3.8, 4) is 5.88 Å².